The van der Waals surface area contributed by atoms with Crippen molar-refractivity contribution in [2.45, 2.75) is 24.8 Å². The zero-order valence-electron chi connectivity index (χ0n) is 17.2. The Labute approximate surface area is 179 Å². The summed E-state index contributed by atoms with van der Waals surface area (Å²) in [6, 6.07) is 9.08. The Morgan fingerprint density at radius 2 is 2.10 bits per heavy atom. The molecule has 1 unspecified atom stereocenters. The highest BCUT2D eigenvalue weighted by Crippen LogP contribution is 2.41. The van der Waals surface area contributed by atoms with Gasteiger partial charge >= 0.3 is 0 Å². The number of terminal acetylenes is 1. The number of rotatable bonds is 9. The summed E-state index contributed by atoms with van der Waals surface area (Å²) in [5, 5.41) is 0. The lowest BCUT2D eigenvalue weighted by molar-refractivity contribution is -0.143. The van der Waals surface area contributed by atoms with Crippen molar-refractivity contribution < 1.29 is 27.9 Å². The molecule has 0 bridgehead atoms. The fraction of sp³-hybridized carbons (Fsp3) is 0.348. The molecule has 162 valence electrons. The molecule has 0 radical (unpaired) electrons. The minimum absolute atomic E-state index is 0.0141. The first-order chi connectivity index (χ1) is 14.9. The molecule has 2 heterocycles. The normalized spacial score (nSPS) is 18.3. The number of nitrogens with zero attached hydrogens (tertiary/aromatic N) is 2. The summed E-state index contributed by atoms with van der Waals surface area (Å²) in [5.74, 6) is 0.700. The van der Waals surface area contributed by atoms with E-state index in [1.165, 1.54) is 36.5 Å². The molecule has 1 fully saturated rings. The highest BCUT2D eigenvalue weighted by molar-refractivity contribution is 6.10. The van der Waals surface area contributed by atoms with Gasteiger partial charge in [0.15, 0.2) is 0 Å². The van der Waals surface area contributed by atoms with E-state index in [9.17, 15) is 18.8 Å². The van der Waals surface area contributed by atoms with Crippen molar-refractivity contribution in [3.8, 4) is 12.3 Å². The molecule has 1 aromatic carbocycles. The van der Waals surface area contributed by atoms with Crippen LogP contribution < -0.4 is 0 Å². The quantitative estimate of drug-likeness (QED) is 0.453. The van der Waals surface area contributed by atoms with Crippen molar-refractivity contribution in [3.63, 3.8) is 0 Å². The number of halogens is 1. The van der Waals surface area contributed by atoms with E-state index in [2.05, 4.69) is 5.92 Å². The molecule has 1 atom stereocenters. The van der Waals surface area contributed by atoms with Crippen molar-refractivity contribution in [1.29, 1.82) is 0 Å². The van der Waals surface area contributed by atoms with Crippen LogP contribution in [-0.2, 0) is 31.1 Å². The third-order valence-electron chi connectivity index (χ3n) is 5.33. The molecule has 1 aromatic heterocycles. The minimum Gasteiger partial charge on any atom is -0.467 e. The summed E-state index contributed by atoms with van der Waals surface area (Å²) in [6.45, 7) is 0.237. The number of likely N-dealkylation sites (tertiary alicyclic amines) is 1. The fourth-order valence-corrected chi connectivity index (χ4v) is 3.81. The Morgan fingerprint density at radius 3 is 2.74 bits per heavy atom. The number of hydrogen-bond donors (Lipinski definition) is 0. The second kappa shape index (κ2) is 9.58. The Morgan fingerprint density at radius 1 is 1.32 bits per heavy atom. The predicted molar refractivity (Wildman–Crippen MR) is 109 cm³/mol. The highest BCUT2D eigenvalue weighted by atomic mass is 19.1. The van der Waals surface area contributed by atoms with Gasteiger partial charge in [-0.05, 0) is 18.2 Å². The first kappa shape index (κ1) is 22.2. The highest BCUT2D eigenvalue weighted by Gasteiger charge is 2.55. The summed E-state index contributed by atoms with van der Waals surface area (Å²) in [6.07, 6.45) is 6.18. The zero-order valence-corrected chi connectivity index (χ0v) is 17.2. The third-order valence-corrected chi connectivity index (χ3v) is 5.33. The standard InChI is InChI=1S/C23H23FN2O5/c1-3-10-25(16-17-7-6-12-31-17)20(27)14-23(18-8-4-5-9-19(18)24)15-21(28)26(22(23)29)11-13-30-2/h1,4-9,12H,10-11,13-16H2,2H3. The van der Waals surface area contributed by atoms with Crippen molar-refractivity contribution in [3.05, 3.63) is 59.8 Å². The van der Waals surface area contributed by atoms with E-state index in [-0.39, 0.29) is 38.2 Å². The Balaban J connectivity index is 1.97. The number of hydrogen-bond acceptors (Lipinski definition) is 5. The van der Waals surface area contributed by atoms with Crippen LogP contribution in [0.5, 0.6) is 0 Å². The van der Waals surface area contributed by atoms with Gasteiger partial charge in [-0.3, -0.25) is 19.3 Å². The van der Waals surface area contributed by atoms with Gasteiger partial charge in [-0.15, -0.1) is 6.42 Å². The molecule has 1 aliphatic heterocycles. The van der Waals surface area contributed by atoms with Gasteiger partial charge in [0, 0.05) is 25.5 Å². The lowest BCUT2D eigenvalue weighted by Gasteiger charge is -2.30. The maximum absolute atomic E-state index is 14.8. The van der Waals surface area contributed by atoms with E-state index in [1.54, 1.807) is 18.2 Å². The second-order valence-electron chi connectivity index (χ2n) is 7.29. The molecule has 2 aromatic rings. The van der Waals surface area contributed by atoms with E-state index in [0.29, 0.717) is 5.76 Å². The first-order valence-corrected chi connectivity index (χ1v) is 9.75. The number of carbonyl (C=O) groups excluding carboxylic acids is 3. The molecular weight excluding hydrogens is 403 g/mol. The van der Waals surface area contributed by atoms with Gasteiger partial charge in [0.2, 0.25) is 17.7 Å². The molecule has 0 N–H and O–H groups in total. The molecular formula is C23H23FN2O5. The summed E-state index contributed by atoms with van der Waals surface area (Å²) < 4.78 is 25.1. The predicted octanol–water partition coefficient (Wildman–Crippen LogP) is 2.11. The van der Waals surface area contributed by atoms with E-state index >= 15 is 0 Å². The van der Waals surface area contributed by atoms with Crippen LogP contribution in [0, 0.1) is 18.2 Å². The van der Waals surface area contributed by atoms with E-state index in [0.717, 1.165) is 4.90 Å². The van der Waals surface area contributed by atoms with Crippen molar-refractivity contribution in [2.24, 2.45) is 0 Å². The van der Waals surface area contributed by atoms with Gasteiger partial charge in [0.1, 0.15) is 11.6 Å². The van der Waals surface area contributed by atoms with Gasteiger partial charge in [-0.1, -0.05) is 24.1 Å². The van der Waals surface area contributed by atoms with Crippen LogP contribution in [0.4, 0.5) is 4.39 Å². The monoisotopic (exact) mass is 426 g/mol. The maximum atomic E-state index is 14.8. The number of furan rings is 1. The lowest BCUT2D eigenvalue weighted by Crippen LogP contribution is -2.44. The van der Waals surface area contributed by atoms with Crippen LogP contribution in [-0.4, -0.2) is 54.3 Å². The number of ether oxygens (including phenoxy) is 1. The maximum Gasteiger partial charge on any atom is 0.241 e. The van der Waals surface area contributed by atoms with Crippen LogP contribution in [0.3, 0.4) is 0 Å². The van der Waals surface area contributed by atoms with E-state index < -0.39 is 35.4 Å². The number of amides is 3. The van der Waals surface area contributed by atoms with Crippen molar-refractivity contribution >= 4 is 17.7 Å². The zero-order chi connectivity index (χ0) is 22.4. The van der Waals surface area contributed by atoms with E-state index in [1.807, 2.05) is 0 Å². The average molecular weight is 426 g/mol. The van der Waals surface area contributed by atoms with E-state index in [4.69, 9.17) is 15.6 Å². The van der Waals surface area contributed by atoms with Gasteiger partial charge in [0.05, 0.1) is 37.9 Å². The van der Waals surface area contributed by atoms with Crippen LogP contribution >= 0.6 is 0 Å². The summed E-state index contributed by atoms with van der Waals surface area (Å²) in [4.78, 5) is 41.7. The largest absolute Gasteiger partial charge is 0.467 e. The fourth-order valence-electron chi connectivity index (χ4n) is 3.81. The third kappa shape index (κ3) is 4.52. The topological polar surface area (TPSA) is 80.1 Å². The molecule has 8 heteroatoms. The number of benzene rings is 1. The molecule has 0 saturated carbocycles. The molecule has 1 saturated heterocycles. The molecule has 3 amide bonds. The SMILES string of the molecule is C#CCN(Cc1ccco1)C(=O)CC1(c2ccccc2F)CC(=O)N(CCOC)C1=O. The van der Waals surface area contributed by atoms with Crippen LogP contribution in [0.25, 0.3) is 0 Å². The molecule has 1 aliphatic rings. The summed E-state index contributed by atoms with van der Waals surface area (Å²) in [5.41, 5.74) is -1.64. The smallest absolute Gasteiger partial charge is 0.241 e. The van der Waals surface area contributed by atoms with Crippen LogP contribution in [0.2, 0.25) is 0 Å². The minimum atomic E-state index is -1.65. The van der Waals surface area contributed by atoms with Gasteiger partial charge in [-0.2, -0.15) is 0 Å². The summed E-state index contributed by atoms with van der Waals surface area (Å²) in [7, 11) is 1.45. The lowest BCUT2D eigenvalue weighted by atomic mass is 9.75. The van der Waals surface area contributed by atoms with Gasteiger partial charge < -0.3 is 14.1 Å². The second-order valence-corrected chi connectivity index (χ2v) is 7.29. The molecule has 31 heavy (non-hydrogen) atoms. The molecule has 0 spiro atoms. The summed E-state index contributed by atoms with van der Waals surface area (Å²) >= 11 is 0. The number of imide groups is 1. The average Bonchev–Trinajstić information content (AvgIpc) is 3.34. The Hall–Kier alpha value is -3.44. The number of methoxy groups -OCH3 is 1. The number of carbonyl (C=O) groups is 3. The Kier molecular flexibility index (Phi) is 6.88. The Bertz CT molecular complexity index is 998. The molecule has 7 nitrogen and oxygen atoms in total. The first-order valence-electron chi connectivity index (χ1n) is 9.75. The molecule has 3 rings (SSSR count). The van der Waals surface area contributed by atoms with Gasteiger partial charge in [0.25, 0.3) is 0 Å². The van der Waals surface area contributed by atoms with Crippen molar-refractivity contribution in [1.82, 2.24) is 9.80 Å². The van der Waals surface area contributed by atoms with Crippen LogP contribution in [0.15, 0.2) is 47.1 Å². The van der Waals surface area contributed by atoms with Crippen LogP contribution in [0.1, 0.15) is 24.2 Å². The molecule has 0 aliphatic carbocycles. The van der Waals surface area contributed by atoms with Gasteiger partial charge in [-0.25, -0.2) is 4.39 Å². The van der Waals surface area contributed by atoms with Crippen molar-refractivity contribution in [2.75, 3.05) is 26.8 Å².